The van der Waals surface area contributed by atoms with Crippen LogP contribution in [0.15, 0.2) is 24.3 Å². The fraction of sp³-hybridized carbons (Fsp3) is 0.619. The SMILES string of the molecule is COc1cccc(C(=O)N2[C@@H](C(=O)N3CCOCC3)COC23CCCCC3)c1. The predicted molar refractivity (Wildman–Crippen MR) is 102 cm³/mol. The van der Waals surface area contributed by atoms with Crippen LogP contribution < -0.4 is 4.74 Å². The number of hydrogen-bond donors (Lipinski definition) is 0. The van der Waals surface area contributed by atoms with Gasteiger partial charge in [0, 0.05) is 18.7 Å². The summed E-state index contributed by atoms with van der Waals surface area (Å²) in [5.74, 6) is 0.423. The van der Waals surface area contributed by atoms with Gasteiger partial charge in [0.15, 0.2) is 0 Å². The highest BCUT2D eigenvalue weighted by Crippen LogP contribution is 2.42. The minimum Gasteiger partial charge on any atom is -0.497 e. The largest absolute Gasteiger partial charge is 0.497 e. The molecule has 0 aromatic heterocycles. The molecule has 7 heteroatoms. The van der Waals surface area contributed by atoms with E-state index in [1.165, 1.54) is 0 Å². The van der Waals surface area contributed by atoms with E-state index in [0.29, 0.717) is 37.6 Å². The van der Waals surface area contributed by atoms with Gasteiger partial charge in [0.2, 0.25) is 5.91 Å². The van der Waals surface area contributed by atoms with Gasteiger partial charge in [-0.1, -0.05) is 12.5 Å². The highest BCUT2D eigenvalue weighted by molar-refractivity contribution is 5.98. The Bertz CT molecular complexity index is 725. The molecule has 1 atom stereocenters. The maximum absolute atomic E-state index is 13.6. The van der Waals surface area contributed by atoms with Gasteiger partial charge in [0.25, 0.3) is 5.91 Å². The average Bonchev–Trinajstić information content (AvgIpc) is 3.12. The average molecular weight is 388 g/mol. The first-order chi connectivity index (χ1) is 13.6. The molecule has 28 heavy (non-hydrogen) atoms. The van der Waals surface area contributed by atoms with E-state index in [1.54, 1.807) is 35.1 Å². The third-order valence-corrected chi connectivity index (χ3v) is 6.04. The molecule has 4 rings (SSSR count). The van der Waals surface area contributed by atoms with E-state index >= 15 is 0 Å². The summed E-state index contributed by atoms with van der Waals surface area (Å²) < 4.78 is 16.9. The number of amides is 2. The van der Waals surface area contributed by atoms with E-state index in [1.807, 2.05) is 6.07 Å². The van der Waals surface area contributed by atoms with Crippen molar-refractivity contribution in [2.75, 3.05) is 40.0 Å². The molecule has 1 aliphatic carbocycles. The molecular weight excluding hydrogens is 360 g/mol. The summed E-state index contributed by atoms with van der Waals surface area (Å²) >= 11 is 0. The summed E-state index contributed by atoms with van der Waals surface area (Å²) in [4.78, 5) is 30.4. The summed E-state index contributed by atoms with van der Waals surface area (Å²) in [5, 5.41) is 0. The first-order valence-corrected chi connectivity index (χ1v) is 10.1. The summed E-state index contributed by atoms with van der Waals surface area (Å²) in [6.07, 6.45) is 4.68. The normalized spacial score (nSPS) is 24.4. The van der Waals surface area contributed by atoms with Crippen LogP contribution >= 0.6 is 0 Å². The van der Waals surface area contributed by atoms with Crippen molar-refractivity contribution >= 4 is 11.8 Å². The monoisotopic (exact) mass is 388 g/mol. The van der Waals surface area contributed by atoms with Crippen LogP contribution in [-0.4, -0.2) is 73.4 Å². The molecule has 0 bridgehead atoms. The van der Waals surface area contributed by atoms with Crippen LogP contribution in [0.4, 0.5) is 0 Å². The highest BCUT2D eigenvalue weighted by Gasteiger charge is 2.53. The molecule has 0 radical (unpaired) electrons. The number of rotatable bonds is 3. The van der Waals surface area contributed by atoms with Gasteiger partial charge in [-0.05, 0) is 43.9 Å². The lowest BCUT2D eigenvalue weighted by Gasteiger charge is -2.42. The summed E-state index contributed by atoms with van der Waals surface area (Å²) in [6, 6.07) is 6.53. The molecule has 2 saturated heterocycles. The second kappa shape index (κ2) is 8.09. The lowest BCUT2D eigenvalue weighted by Crippen LogP contribution is -2.58. The number of carbonyl (C=O) groups is 2. The molecule has 2 amide bonds. The topological polar surface area (TPSA) is 68.3 Å². The van der Waals surface area contributed by atoms with Crippen LogP contribution in [0.1, 0.15) is 42.5 Å². The Morgan fingerprint density at radius 3 is 2.61 bits per heavy atom. The van der Waals surface area contributed by atoms with Crippen molar-refractivity contribution in [3.63, 3.8) is 0 Å². The number of methoxy groups -OCH3 is 1. The van der Waals surface area contributed by atoms with Crippen molar-refractivity contribution in [2.24, 2.45) is 0 Å². The number of ether oxygens (including phenoxy) is 3. The minimum absolute atomic E-state index is 0.0398. The zero-order valence-corrected chi connectivity index (χ0v) is 16.4. The molecule has 1 saturated carbocycles. The van der Waals surface area contributed by atoms with Crippen molar-refractivity contribution in [2.45, 2.75) is 43.9 Å². The zero-order chi connectivity index (χ0) is 19.6. The standard InChI is InChI=1S/C21H28N2O5/c1-26-17-7-5-6-16(14-17)19(24)23-18(20(25)22-10-12-27-13-11-22)15-28-21(23)8-3-2-4-9-21/h5-7,14,18H,2-4,8-13,15H2,1H3/t18-/m1/s1. The molecule has 3 fully saturated rings. The molecule has 0 unspecified atom stereocenters. The molecule has 1 spiro atoms. The van der Waals surface area contributed by atoms with E-state index < -0.39 is 11.8 Å². The van der Waals surface area contributed by atoms with Gasteiger partial charge in [0.05, 0.1) is 26.9 Å². The van der Waals surface area contributed by atoms with E-state index in [4.69, 9.17) is 14.2 Å². The maximum Gasteiger partial charge on any atom is 0.257 e. The predicted octanol–water partition coefficient (Wildman–Crippen LogP) is 2.06. The zero-order valence-electron chi connectivity index (χ0n) is 16.4. The van der Waals surface area contributed by atoms with Gasteiger partial charge in [0.1, 0.15) is 17.5 Å². The Balaban J connectivity index is 1.65. The summed E-state index contributed by atoms with van der Waals surface area (Å²) in [6.45, 7) is 2.45. The van der Waals surface area contributed by atoms with Crippen LogP contribution in [0.5, 0.6) is 5.75 Å². The van der Waals surface area contributed by atoms with Crippen LogP contribution in [0.2, 0.25) is 0 Å². The fourth-order valence-corrected chi connectivity index (χ4v) is 4.55. The van der Waals surface area contributed by atoms with Crippen LogP contribution in [-0.2, 0) is 14.3 Å². The Kier molecular flexibility index (Phi) is 5.55. The first-order valence-electron chi connectivity index (χ1n) is 10.1. The van der Waals surface area contributed by atoms with Gasteiger partial charge in [-0.2, -0.15) is 0 Å². The molecule has 7 nitrogen and oxygen atoms in total. The Morgan fingerprint density at radius 2 is 1.89 bits per heavy atom. The fourth-order valence-electron chi connectivity index (χ4n) is 4.55. The van der Waals surface area contributed by atoms with E-state index in [-0.39, 0.29) is 18.4 Å². The maximum atomic E-state index is 13.6. The third-order valence-electron chi connectivity index (χ3n) is 6.04. The lowest BCUT2D eigenvalue weighted by atomic mass is 9.89. The third kappa shape index (κ3) is 3.49. The molecule has 0 N–H and O–H groups in total. The Morgan fingerprint density at radius 1 is 1.14 bits per heavy atom. The smallest absolute Gasteiger partial charge is 0.257 e. The van der Waals surface area contributed by atoms with Crippen molar-refractivity contribution in [1.29, 1.82) is 0 Å². The lowest BCUT2D eigenvalue weighted by molar-refractivity contribution is -0.141. The van der Waals surface area contributed by atoms with Gasteiger partial charge < -0.3 is 19.1 Å². The minimum atomic E-state index is -0.676. The van der Waals surface area contributed by atoms with Crippen LogP contribution in [0.25, 0.3) is 0 Å². The van der Waals surface area contributed by atoms with Gasteiger partial charge in [-0.25, -0.2) is 0 Å². The number of morpholine rings is 1. The highest BCUT2D eigenvalue weighted by atomic mass is 16.5. The molecule has 2 heterocycles. The van der Waals surface area contributed by atoms with Gasteiger partial charge >= 0.3 is 0 Å². The summed E-state index contributed by atoms with van der Waals surface area (Å²) in [7, 11) is 1.58. The molecule has 152 valence electrons. The van der Waals surface area contributed by atoms with Crippen molar-refractivity contribution < 1.29 is 23.8 Å². The molecule has 3 aliphatic rings. The van der Waals surface area contributed by atoms with Crippen LogP contribution in [0.3, 0.4) is 0 Å². The molecule has 2 aliphatic heterocycles. The van der Waals surface area contributed by atoms with Gasteiger partial charge in [-0.3, -0.25) is 14.5 Å². The van der Waals surface area contributed by atoms with E-state index in [0.717, 1.165) is 32.1 Å². The Labute approximate surface area is 165 Å². The second-order valence-electron chi connectivity index (χ2n) is 7.68. The van der Waals surface area contributed by atoms with E-state index in [2.05, 4.69) is 0 Å². The molecule has 1 aromatic rings. The first kappa shape index (κ1) is 19.2. The number of hydrogen-bond acceptors (Lipinski definition) is 5. The van der Waals surface area contributed by atoms with Crippen LogP contribution in [0, 0.1) is 0 Å². The summed E-state index contributed by atoms with van der Waals surface area (Å²) in [5.41, 5.74) is -0.153. The number of carbonyl (C=O) groups excluding carboxylic acids is 2. The van der Waals surface area contributed by atoms with E-state index in [9.17, 15) is 9.59 Å². The molecular formula is C21H28N2O5. The van der Waals surface area contributed by atoms with Crippen molar-refractivity contribution in [3.05, 3.63) is 29.8 Å². The number of nitrogens with zero attached hydrogens (tertiary/aromatic N) is 2. The Hall–Kier alpha value is -2.12. The quantitative estimate of drug-likeness (QED) is 0.793. The van der Waals surface area contributed by atoms with Crippen molar-refractivity contribution in [1.82, 2.24) is 9.80 Å². The molecule has 1 aromatic carbocycles. The second-order valence-corrected chi connectivity index (χ2v) is 7.68. The van der Waals surface area contributed by atoms with Crippen molar-refractivity contribution in [3.8, 4) is 5.75 Å². The van der Waals surface area contributed by atoms with Gasteiger partial charge in [-0.15, -0.1) is 0 Å². The number of benzene rings is 1.